The van der Waals surface area contributed by atoms with Crippen LogP contribution in [0.5, 0.6) is 11.5 Å². The molecule has 1 N–H and O–H groups in total. The predicted molar refractivity (Wildman–Crippen MR) is 125 cm³/mol. The lowest BCUT2D eigenvalue weighted by Crippen LogP contribution is -2.15. The van der Waals surface area contributed by atoms with E-state index in [1.54, 1.807) is 18.7 Å². The molecular weight excluding hydrogens is 426 g/mol. The molecule has 0 radical (unpaired) electrons. The molecule has 0 unspecified atom stereocenters. The number of ether oxygens (including phenoxy) is 2. The largest absolute Gasteiger partial charge is 0.493 e. The molecule has 4 rings (SSSR count). The first kappa shape index (κ1) is 21.6. The third-order valence-electron chi connectivity index (χ3n) is 4.91. The molecule has 0 aliphatic carbocycles. The van der Waals surface area contributed by atoms with Crippen molar-refractivity contribution in [3.05, 3.63) is 59.7 Å². The Morgan fingerprint density at radius 2 is 1.81 bits per heavy atom. The number of methoxy groups -OCH3 is 2. The normalized spacial score (nSPS) is 10.9. The number of fused-ring (bicyclic) bond motifs is 1. The van der Waals surface area contributed by atoms with E-state index in [-0.39, 0.29) is 11.7 Å². The number of hydrogen-bond donors (Lipinski definition) is 1. The standard InChI is InChI=1S/C23H23N5O3S/c1-14-5-6-15(2)18(11-14)24-22(29)13-32-23-26-25-21-10-8-17(27-28(21)23)16-7-9-19(30-3)20(12-16)31-4/h5-12H,13H2,1-4H3,(H,24,29). The molecule has 2 heterocycles. The van der Waals surface area contributed by atoms with Gasteiger partial charge in [0.2, 0.25) is 11.1 Å². The van der Waals surface area contributed by atoms with Crippen molar-refractivity contribution >= 4 is 29.0 Å². The lowest BCUT2D eigenvalue weighted by atomic mass is 10.1. The average Bonchev–Trinajstić information content (AvgIpc) is 3.21. The van der Waals surface area contributed by atoms with Crippen LogP contribution in [0, 0.1) is 13.8 Å². The highest BCUT2D eigenvalue weighted by molar-refractivity contribution is 7.99. The molecule has 4 aromatic rings. The number of aromatic nitrogens is 4. The molecule has 0 atom stereocenters. The molecule has 0 aliphatic rings. The van der Waals surface area contributed by atoms with E-state index >= 15 is 0 Å². The van der Waals surface area contributed by atoms with Crippen LogP contribution in [-0.4, -0.2) is 45.7 Å². The minimum atomic E-state index is -0.114. The number of amides is 1. The predicted octanol–water partition coefficient (Wildman–Crippen LogP) is 4.16. The quantitative estimate of drug-likeness (QED) is 0.424. The molecule has 0 fully saturated rings. The van der Waals surface area contributed by atoms with Crippen molar-refractivity contribution in [1.82, 2.24) is 19.8 Å². The third kappa shape index (κ3) is 4.52. The number of benzene rings is 2. The van der Waals surface area contributed by atoms with Crippen LogP contribution < -0.4 is 14.8 Å². The SMILES string of the molecule is COc1ccc(-c2ccc3nnc(SCC(=O)Nc4cc(C)ccc4C)n3n2)cc1OC. The highest BCUT2D eigenvalue weighted by Gasteiger charge is 2.13. The summed E-state index contributed by atoms with van der Waals surface area (Å²) in [5.74, 6) is 1.34. The van der Waals surface area contributed by atoms with E-state index in [0.717, 1.165) is 28.1 Å². The van der Waals surface area contributed by atoms with Crippen molar-refractivity contribution in [1.29, 1.82) is 0 Å². The molecule has 8 nitrogen and oxygen atoms in total. The second-order valence-corrected chi connectivity index (χ2v) is 8.14. The number of carbonyl (C=O) groups is 1. The van der Waals surface area contributed by atoms with Gasteiger partial charge in [0.25, 0.3) is 0 Å². The molecule has 0 saturated carbocycles. The zero-order chi connectivity index (χ0) is 22.7. The summed E-state index contributed by atoms with van der Waals surface area (Å²) in [4.78, 5) is 12.5. The van der Waals surface area contributed by atoms with Gasteiger partial charge in [-0.1, -0.05) is 23.9 Å². The van der Waals surface area contributed by atoms with Gasteiger partial charge in [-0.2, -0.15) is 9.61 Å². The Bertz CT molecular complexity index is 1290. The molecule has 1 amide bonds. The second-order valence-electron chi connectivity index (χ2n) is 7.20. The minimum Gasteiger partial charge on any atom is -0.493 e. The Morgan fingerprint density at radius 3 is 2.59 bits per heavy atom. The number of hydrogen-bond acceptors (Lipinski definition) is 7. The van der Waals surface area contributed by atoms with Gasteiger partial charge in [-0.05, 0) is 61.4 Å². The zero-order valence-corrected chi connectivity index (χ0v) is 19.1. The van der Waals surface area contributed by atoms with Crippen LogP contribution in [-0.2, 0) is 4.79 Å². The molecule has 0 bridgehead atoms. The van der Waals surface area contributed by atoms with Gasteiger partial charge in [-0.25, -0.2) is 0 Å². The molecule has 2 aromatic carbocycles. The Morgan fingerprint density at radius 1 is 1.00 bits per heavy atom. The second kappa shape index (κ2) is 9.27. The van der Waals surface area contributed by atoms with Crippen molar-refractivity contribution in [3.63, 3.8) is 0 Å². The van der Waals surface area contributed by atoms with Gasteiger partial charge in [0.05, 0.1) is 25.7 Å². The average molecular weight is 450 g/mol. The van der Waals surface area contributed by atoms with Gasteiger partial charge in [0, 0.05) is 11.3 Å². The molecule has 0 saturated heterocycles. The fourth-order valence-electron chi connectivity index (χ4n) is 3.20. The molecule has 9 heteroatoms. The fourth-order valence-corrected chi connectivity index (χ4v) is 3.88. The number of carbonyl (C=O) groups excluding carboxylic acids is 1. The number of rotatable bonds is 7. The summed E-state index contributed by atoms with van der Waals surface area (Å²) in [6, 6.07) is 15.3. The first-order chi connectivity index (χ1) is 15.5. The third-order valence-corrected chi connectivity index (χ3v) is 5.83. The van der Waals surface area contributed by atoms with Gasteiger partial charge in [-0.3, -0.25) is 4.79 Å². The van der Waals surface area contributed by atoms with Gasteiger partial charge in [0.1, 0.15) is 0 Å². The van der Waals surface area contributed by atoms with Crippen LogP contribution in [0.25, 0.3) is 16.9 Å². The summed E-state index contributed by atoms with van der Waals surface area (Å²) in [6.45, 7) is 3.96. The smallest absolute Gasteiger partial charge is 0.234 e. The van der Waals surface area contributed by atoms with Crippen molar-refractivity contribution in [2.45, 2.75) is 19.0 Å². The Labute approximate surface area is 190 Å². The lowest BCUT2D eigenvalue weighted by molar-refractivity contribution is -0.113. The van der Waals surface area contributed by atoms with E-state index in [0.29, 0.717) is 22.3 Å². The van der Waals surface area contributed by atoms with E-state index < -0.39 is 0 Å². The molecule has 0 spiro atoms. The summed E-state index contributed by atoms with van der Waals surface area (Å²) < 4.78 is 12.3. The van der Waals surface area contributed by atoms with Crippen molar-refractivity contribution in [2.75, 3.05) is 25.3 Å². The van der Waals surface area contributed by atoms with Crippen LogP contribution in [0.3, 0.4) is 0 Å². The number of nitrogens with zero attached hydrogens (tertiary/aromatic N) is 4. The summed E-state index contributed by atoms with van der Waals surface area (Å²) in [6.07, 6.45) is 0. The zero-order valence-electron chi connectivity index (χ0n) is 18.2. The van der Waals surface area contributed by atoms with Crippen LogP contribution >= 0.6 is 11.8 Å². The van der Waals surface area contributed by atoms with Crippen LogP contribution in [0.15, 0.2) is 53.7 Å². The first-order valence-electron chi connectivity index (χ1n) is 9.93. The van der Waals surface area contributed by atoms with Gasteiger partial charge in [0.15, 0.2) is 17.1 Å². The lowest BCUT2D eigenvalue weighted by Gasteiger charge is -2.10. The first-order valence-corrected chi connectivity index (χ1v) is 10.9. The van der Waals surface area contributed by atoms with Crippen molar-refractivity contribution in [3.8, 4) is 22.8 Å². The van der Waals surface area contributed by atoms with Gasteiger partial charge in [-0.15, -0.1) is 10.2 Å². The molecule has 32 heavy (non-hydrogen) atoms. The number of thioether (sulfide) groups is 1. The van der Waals surface area contributed by atoms with Crippen molar-refractivity contribution in [2.24, 2.45) is 0 Å². The Kier molecular flexibility index (Phi) is 6.27. The molecule has 164 valence electrons. The van der Waals surface area contributed by atoms with E-state index in [9.17, 15) is 4.79 Å². The maximum atomic E-state index is 12.5. The minimum absolute atomic E-state index is 0.114. The summed E-state index contributed by atoms with van der Waals surface area (Å²) in [5.41, 5.74) is 5.11. The van der Waals surface area contributed by atoms with E-state index in [4.69, 9.17) is 9.47 Å². The summed E-state index contributed by atoms with van der Waals surface area (Å²) in [5, 5.41) is 16.5. The van der Waals surface area contributed by atoms with Crippen LogP contribution in [0.1, 0.15) is 11.1 Å². The molecule has 2 aromatic heterocycles. The van der Waals surface area contributed by atoms with Crippen LogP contribution in [0.2, 0.25) is 0 Å². The maximum Gasteiger partial charge on any atom is 0.234 e. The number of aryl methyl sites for hydroxylation is 2. The summed E-state index contributed by atoms with van der Waals surface area (Å²) in [7, 11) is 3.19. The van der Waals surface area contributed by atoms with E-state index in [1.807, 2.05) is 62.4 Å². The summed E-state index contributed by atoms with van der Waals surface area (Å²) >= 11 is 1.28. The highest BCUT2D eigenvalue weighted by Crippen LogP contribution is 2.31. The molecular formula is C23H23N5O3S. The highest BCUT2D eigenvalue weighted by atomic mass is 32.2. The van der Waals surface area contributed by atoms with Gasteiger partial charge >= 0.3 is 0 Å². The monoisotopic (exact) mass is 449 g/mol. The fraction of sp³-hybridized carbons (Fsp3) is 0.217. The van der Waals surface area contributed by atoms with Gasteiger partial charge < -0.3 is 14.8 Å². The molecule has 0 aliphatic heterocycles. The van der Waals surface area contributed by atoms with Crippen LogP contribution in [0.4, 0.5) is 5.69 Å². The number of nitrogens with one attached hydrogen (secondary N) is 1. The Hall–Kier alpha value is -3.59. The Balaban J connectivity index is 1.53. The maximum absolute atomic E-state index is 12.5. The van der Waals surface area contributed by atoms with E-state index in [2.05, 4.69) is 20.6 Å². The van der Waals surface area contributed by atoms with Crippen molar-refractivity contribution < 1.29 is 14.3 Å². The topological polar surface area (TPSA) is 90.6 Å². The van der Waals surface area contributed by atoms with E-state index in [1.165, 1.54) is 11.8 Å². The number of anilines is 1.